The van der Waals surface area contributed by atoms with Crippen LogP contribution in [0.4, 0.5) is 15.8 Å². The third kappa shape index (κ3) is 4.95. The Kier molecular flexibility index (Phi) is 6.18. The maximum atomic E-state index is 13.3. The van der Waals surface area contributed by atoms with Gasteiger partial charge in [0.05, 0.1) is 4.92 Å². The number of nitro benzene ring substituents is 1. The van der Waals surface area contributed by atoms with Crippen LogP contribution >= 0.6 is 0 Å². The van der Waals surface area contributed by atoms with E-state index in [2.05, 4.69) is 15.6 Å². The first kappa shape index (κ1) is 20.0. The summed E-state index contributed by atoms with van der Waals surface area (Å²) < 4.78 is 15.1. The van der Waals surface area contributed by atoms with Crippen molar-refractivity contribution < 1.29 is 14.1 Å². The molecule has 1 amide bonds. The van der Waals surface area contributed by atoms with Gasteiger partial charge in [0.2, 0.25) is 5.91 Å². The van der Waals surface area contributed by atoms with Crippen molar-refractivity contribution in [3.05, 3.63) is 88.2 Å². The Morgan fingerprint density at radius 2 is 1.97 bits per heavy atom. The van der Waals surface area contributed by atoms with Crippen molar-refractivity contribution in [1.82, 2.24) is 14.9 Å². The number of halogens is 1. The van der Waals surface area contributed by atoms with E-state index in [1.807, 2.05) is 0 Å². The molecule has 3 rings (SSSR count). The Hall–Kier alpha value is -3.75. The van der Waals surface area contributed by atoms with Gasteiger partial charge in [-0.1, -0.05) is 24.3 Å². The summed E-state index contributed by atoms with van der Waals surface area (Å²) >= 11 is 0. The van der Waals surface area contributed by atoms with Crippen molar-refractivity contribution >= 4 is 17.3 Å². The van der Waals surface area contributed by atoms with Crippen molar-refractivity contribution in [2.75, 3.05) is 11.9 Å². The number of amides is 1. The summed E-state index contributed by atoms with van der Waals surface area (Å²) in [4.78, 5) is 27.4. The average molecular weight is 397 g/mol. The van der Waals surface area contributed by atoms with Crippen LogP contribution in [0.25, 0.3) is 0 Å². The zero-order valence-electron chi connectivity index (χ0n) is 15.7. The number of carbonyl (C=O) groups excluding carboxylic acids is 1. The molecule has 0 spiro atoms. The monoisotopic (exact) mass is 397 g/mol. The van der Waals surface area contributed by atoms with Crippen LogP contribution in [0.1, 0.15) is 23.9 Å². The second kappa shape index (κ2) is 8.96. The minimum atomic E-state index is -0.547. The minimum absolute atomic E-state index is 0.0508. The fourth-order valence-corrected chi connectivity index (χ4v) is 2.93. The van der Waals surface area contributed by atoms with Crippen LogP contribution in [0, 0.1) is 15.9 Å². The molecule has 9 heteroatoms. The maximum Gasteiger partial charge on any atom is 0.292 e. The first-order valence-electron chi connectivity index (χ1n) is 8.95. The van der Waals surface area contributed by atoms with Gasteiger partial charge in [-0.05, 0) is 23.8 Å². The lowest BCUT2D eigenvalue weighted by atomic mass is 10.1. The molecule has 0 aliphatic heterocycles. The highest BCUT2D eigenvalue weighted by atomic mass is 19.1. The summed E-state index contributed by atoms with van der Waals surface area (Å²) in [6.07, 6.45) is 3.47. The molecule has 2 N–H and O–H groups in total. The Labute approximate surface area is 166 Å². The number of aromatic nitrogens is 2. The van der Waals surface area contributed by atoms with Crippen LogP contribution in [-0.4, -0.2) is 26.9 Å². The second-order valence-corrected chi connectivity index (χ2v) is 6.40. The lowest BCUT2D eigenvalue weighted by Gasteiger charge is -2.19. The van der Waals surface area contributed by atoms with Gasteiger partial charge in [0.25, 0.3) is 5.69 Å². The fourth-order valence-electron chi connectivity index (χ4n) is 2.93. The molecule has 3 aromatic rings. The largest absolute Gasteiger partial charge is 0.379 e. The van der Waals surface area contributed by atoms with Gasteiger partial charge >= 0.3 is 0 Å². The molecule has 0 saturated heterocycles. The molecule has 1 heterocycles. The third-order valence-electron chi connectivity index (χ3n) is 4.39. The van der Waals surface area contributed by atoms with Gasteiger partial charge in [0.15, 0.2) is 0 Å². The predicted octanol–water partition coefficient (Wildman–Crippen LogP) is 3.18. The Morgan fingerprint density at radius 3 is 2.62 bits per heavy atom. The van der Waals surface area contributed by atoms with E-state index in [1.165, 1.54) is 18.2 Å². The second-order valence-electron chi connectivity index (χ2n) is 6.40. The molecular formula is C20H20FN5O3. The van der Waals surface area contributed by atoms with Gasteiger partial charge in [-0.25, -0.2) is 9.37 Å². The zero-order chi connectivity index (χ0) is 20.8. The number of aryl methyl sites for hydroxylation is 1. The van der Waals surface area contributed by atoms with E-state index in [-0.39, 0.29) is 30.4 Å². The summed E-state index contributed by atoms with van der Waals surface area (Å²) in [6.45, 7) is 0.216. The van der Waals surface area contributed by atoms with Crippen LogP contribution in [0.3, 0.4) is 0 Å². The number of rotatable bonds is 8. The highest BCUT2D eigenvalue weighted by molar-refractivity contribution is 5.77. The topological polar surface area (TPSA) is 102 Å². The van der Waals surface area contributed by atoms with Gasteiger partial charge in [0.1, 0.15) is 23.4 Å². The molecule has 1 aromatic heterocycles. The van der Waals surface area contributed by atoms with Gasteiger partial charge in [-0.3, -0.25) is 14.9 Å². The Balaban J connectivity index is 1.67. The maximum absolute atomic E-state index is 13.3. The van der Waals surface area contributed by atoms with E-state index >= 15 is 0 Å². The molecule has 150 valence electrons. The highest BCUT2D eigenvalue weighted by Gasteiger charge is 2.21. The van der Waals surface area contributed by atoms with Gasteiger partial charge < -0.3 is 15.2 Å². The van der Waals surface area contributed by atoms with E-state index in [0.717, 1.165) is 0 Å². The van der Waals surface area contributed by atoms with Crippen LogP contribution < -0.4 is 10.6 Å². The third-order valence-corrected chi connectivity index (χ3v) is 4.39. The molecule has 0 fully saturated rings. The number of benzene rings is 2. The van der Waals surface area contributed by atoms with E-state index in [0.29, 0.717) is 17.1 Å². The minimum Gasteiger partial charge on any atom is -0.379 e. The SMILES string of the molecule is Cn1ccnc1C(NC(=O)CCNc1ccccc1[N+](=O)[O-])c1ccc(F)cc1. The molecule has 8 nitrogen and oxygen atoms in total. The summed E-state index contributed by atoms with van der Waals surface area (Å²) in [7, 11) is 1.81. The molecule has 29 heavy (non-hydrogen) atoms. The molecule has 1 atom stereocenters. The molecule has 0 radical (unpaired) electrons. The predicted molar refractivity (Wildman–Crippen MR) is 106 cm³/mol. The highest BCUT2D eigenvalue weighted by Crippen LogP contribution is 2.23. The van der Waals surface area contributed by atoms with Crippen molar-refractivity contribution in [3.8, 4) is 0 Å². The van der Waals surface area contributed by atoms with Crippen LogP contribution in [0.2, 0.25) is 0 Å². The summed E-state index contributed by atoms with van der Waals surface area (Å²) in [5, 5.41) is 16.9. The number of nitrogens with zero attached hydrogens (tertiary/aromatic N) is 3. The fraction of sp³-hybridized carbons (Fsp3) is 0.200. The summed E-state index contributed by atoms with van der Waals surface area (Å²) in [5.41, 5.74) is 0.996. The number of para-hydroxylation sites is 2. The Bertz CT molecular complexity index is 1000. The van der Waals surface area contributed by atoms with Crippen molar-refractivity contribution in [2.24, 2.45) is 7.05 Å². The molecule has 2 aromatic carbocycles. The molecule has 0 aliphatic carbocycles. The zero-order valence-corrected chi connectivity index (χ0v) is 15.7. The molecule has 0 aliphatic rings. The van der Waals surface area contributed by atoms with Crippen LogP contribution in [0.15, 0.2) is 60.9 Å². The number of hydrogen-bond acceptors (Lipinski definition) is 5. The normalized spacial score (nSPS) is 11.7. The Morgan fingerprint density at radius 1 is 1.24 bits per heavy atom. The lowest BCUT2D eigenvalue weighted by Crippen LogP contribution is -2.32. The number of carbonyl (C=O) groups is 1. The molecule has 0 bridgehead atoms. The van der Waals surface area contributed by atoms with Gasteiger partial charge in [-0.15, -0.1) is 0 Å². The number of nitrogens with one attached hydrogen (secondary N) is 2. The smallest absolute Gasteiger partial charge is 0.292 e. The van der Waals surface area contributed by atoms with E-state index in [1.54, 1.807) is 54.3 Å². The lowest BCUT2D eigenvalue weighted by molar-refractivity contribution is -0.384. The summed E-state index contributed by atoms with van der Waals surface area (Å²) in [6, 6.07) is 11.5. The van der Waals surface area contributed by atoms with Gasteiger partial charge in [-0.2, -0.15) is 0 Å². The summed E-state index contributed by atoms with van der Waals surface area (Å²) in [5.74, 6) is -0.0302. The van der Waals surface area contributed by atoms with Crippen LogP contribution in [0.5, 0.6) is 0 Å². The molecular weight excluding hydrogens is 377 g/mol. The number of imidazole rings is 1. The van der Waals surface area contributed by atoms with E-state index < -0.39 is 11.0 Å². The van der Waals surface area contributed by atoms with Crippen molar-refractivity contribution in [1.29, 1.82) is 0 Å². The first-order chi connectivity index (χ1) is 14.0. The average Bonchev–Trinajstić information content (AvgIpc) is 3.13. The van der Waals surface area contributed by atoms with Crippen molar-refractivity contribution in [2.45, 2.75) is 12.5 Å². The van der Waals surface area contributed by atoms with Crippen molar-refractivity contribution in [3.63, 3.8) is 0 Å². The van der Waals surface area contributed by atoms with Crippen LogP contribution in [-0.2, 0) is 11.8 Å². The molecule has 0 saturated carbocycles. The number of anilines is 1. The van der Waals surface area contributed by atoms with E-state index in [9.17, 15) is 19.3 Å². The van der Waals surface area contributed by atoms with Gasteiger partial charge in [0, 0.05) is 38.5 Å². The molecule has 1 unspecified atom stereocenters. The number of hydrogen-bond donors (Lipinski definition) is 2. The standard InChI is InChI=1S/C20H20FN5O3/c1-25-13-12-23-20(25)19(14-6-8-15(21)9-7-14)24-18(27)10-11-22-16-4-2-3-5-17(16)26(28)29/h2-9,12-13,19,22H,10-11H2,1H3,(H,24,27). The number of nitro groups is 1. The van der Waals surface area contributed by atoms with E-state index in [4.69, 9.17) is 0 Å². The quantitative estimate of drug-likeness (QED) is 0.449. The first-order valence-corrected chi connectivity index (χ1v) is 8.95.